The summed E-state index contributed by atoms with van der Waals surface area (Å²) in [5.41, 5.74) is 4.03. The van der Waals surface area contributed by atoms with Gasteiger partial charge in [0, 0.05) is 16.7 Å². The number of rotatable bonds is 6. The lowest BCUT2D eigenvalue weighted by Gasteiger charge is -2.08. The summed E-state index contributed by atoms with van der Waals surface area (Å²) in [7, 11) is 0. The Hall–Kier alpha value is -2.55. The van der Waals surface area contributed by atoms with E-state index in [1.54, 1.807) is 10.9 Å². The van der Waals surface area contributed by atoms with E-state index in [4.69, 9.17) is 0 Å². The Labute approximate surface area is 168 Å². The molecule has 0 aliphatic carbocycles. The van der Waals surface area contributed by atoms with Crippen molar-refractivity contribution in [2.45, 2.75) is 15.7 Å². The number of hydrogen-bond donors (Lipinski definition) is 1. The number of hydrogen-bond acceptors (Lipinski definition) is 7. The molecule has 0 aliphatic heterocycles. The molecule has 1 N–H and O–H groups in total. The molecule has 1 amide bonds. The van der Waals surface area contributed by atoms with Crippen LogP contribution in [-0.4, -0.2) is 21.1 Å². The minimum Gasteiger partial charge on any atom is -0.320 e. The van der Waals surface area contributed by atoms with E-state index in [0.717, 1.165) is 26.4 Å². The molecule has 27 heavy (non-hydrogen) atoms. The minimum atomic E-state index is -0.212. The Morgan fingerprint density at radius 1 is 1.04 bits per heavy atom. The average Bonchev–Trinajstić information content (AvgIpc) is 3.36. The van der Waals surface area contributed by atoms with Gasteiger partial charge in [-0.3, -0.25) is 4.79 Å². The Morgan fingerprint density at radius 3 is 2.67 bits per heavy atom. The number of anilines is 1. The van der Waals surface area contributed by atoms with Gasteiger partial charge in [0.1, 0.15) is 11.2 Å². The van der Waals surface area contributed by atoms with Crippen molar-refractivity contribution in [1.82, 2.24) is 15.2 Å². The molecular formula is C19H14N4OS3. The summed E-state index contributed by atoms with van der Waals surface area (Å²) in [6.45, 7) is 0. The number of benzene rings is 2. The molecule has 134 valence electrons. The maximum absolute atomic E-state index is 12.6. The first-order valence-corrected chi connectivity index (χ1v) is 10.7. The molecule has 8 heteroatoms. The van der Waals surface area contributed by atoms with Gasteiger partial charge in [-0.2, -0.15) is 0 Å². The van der Waals surface area contributed by atoms with Gasteiger partial charge < -0.3 is 5.32 Å². The van der Waals surface area contributed by atoms with Crippen LogP contribution in [0.1, 0.15) is 21.1 Å². The van der Waals surface area contributed by atoms with Crippen molar-refractivity contribution >= 4 is 46.0 Å². The van der Waals surface area contributed by atoms with Crippen molar-refractivity contribution in [3.8, 4) is 0 Å². The largest absolute Gasteiger partial charge is 0.320 e. The third kappa shape index (κ3) is 4.60. The fraction of sp³-hybridized carbons (Fsp3) is 0.0526. The highest BCUT2D eigenvalue weighted by Crippen LogP contribution is 2.34. The highest BCUT2D eigenvalue weighted by molar-refractivity contribution is 8.01. The Balaban J connectivity index is 1.47. The van der Waals surface area contributed by atoms with Crippen molar-refractivity contribution < 1.29 is 4.79 Å². The zero-order valence-corrected chi connectivity index (χ0v) is 16.5. The molecule has 0 saturated heterocycles. The molecule has 0 fully saturated rings. The van der Waals surface area contributed by atoms with Crippen LogP contribution in [0.2, 0.25) is 0 Å². The van der Waals surface area contributed by atoms with Gasteiger partial charge in [-0.1, -0.05) is 65.6 Å². The Kier molecular flexibility index (Phi) is 5.57. The Bertz CT molecular complexity index is 1030. The summed E-state index contributed by atoms with van der Waals surface area (Å²) in [4.78, 5) is 18.0. The molecule has 0 saturated carbocycles. The normalized spacial score (nSPS) is 10.7. The second-order valence-electron chi connectivity index (χ2n) is 5.55. The van der Waals surface area contributed by atoms with Crippen LogP contribution in [0.4, 0.5) is 5.69 Å². The molecule has 0 bridgehead atoms. The first-order chi connectivity index (χ1) is 13.3. The summed E-state index contributed by atoms with van der Waals surface area (Å²) in [5.74, 6) is -0.212. The average molecular weight is 411 g/mol. The van der Waals surface area contributed by atoms with Crippen molar-refractivity contribution in [3.05, 3.63) is 81.8 Å². The maximum atomic E-state index is 12.6. The number of para-hydroxylation sites is 1. The van der Waals surface area contributed by atoms with E-state index in [1.165, 1.54) is 40.0 Å². The van der Waals surface area contributed by atoms with Crippen molar-refractivity contribution in [2.75, 3.05) is 5.32 Å². The summed E-state index contributed by atoms with van der Waals surface area (Å²) >= 11 is 4.44. The molecule has 2 aromatic carbocycles. The van der Waals surface area contributed by atoms with Crippen LogP contribution in [-0.2, 0) is 6.42 Å². The number of thiazole rings is 1. The summed E-state index contributed by atoms with van der Waals surface area (Å²) in [6.07, 6.45) is 0.724. The molecule has 2 aromatic heterocycles. The van der Waals surface area contributed by atoms with Crippen LogP contribution in [0.5, 0.6) is 0 Å². The predicted molar refractivity (Wildman–Crippen MR) is 110 cm³/mol. The smallest absolute Gasteiger partial charge is 0.275 e. The third-order valence-corrected chi connectivity index (χ3v) is 6.36. The van der Waals surface area contributed by atoms with Gasteiger partial charge in [-0.05, 0) is 17.7 Å². The number of carbonyl (C=O) groups excluding carboxylic acids is 1. The van der Waals surface area contributed by atoms with Gasteiger partial charge in [-0.15, -0.1) is 21.5 Å². The highest BCUT2D eigenvalue weighted by Gasteiger charge is 2.14. The fourth-order valence-electron chi connectivity index (χ4n) is 2.41. The third-order valence-electron chi connectivity index (χ3n) is 3.66. The number of carbonyl (C=O) groups is 1. The quantitative estimate of drug-likeness (QED) is 0.485. The highest BCUT2D eigenvalue weighted by atomic mass is 32.2. The van der Waals surface area contributed by atoms with E-state index < -0.39 is 0 Å². The molecule has 4 rings (SSSR count). The summed E-state index contributed by atoms with van der Waals surface area (Å²) < 4.78 is 0.829. The SMILES string of the molecule is O=C(Nc1ccccc1Sc1nncs1)c1csc(Cc2ccccc2)n1. The van der Waals surface area contributed by atoms with Crippen LogP contribution in [0.3, 0.4) is 0 Å². The van der Waals surface area contributed by atoms with E-state index >= 15 is 0 Å². The molecule has 2 heterocycles. The Morgan fingerprint density at radius 2 is 1.85 bits per heavy atom. The zero-order chi connectivity index (χ0) is 18.5. The van der Waals surface area contributed by atoms with E-state index in [9.17, 15) is 4.79 Å². The lowest BCUT2D eigenvalue weighted by Crippen LogP contribution is -2.13. The van der Waals surface area contributed by atoms with Gasteiger partial charge in [0.15, 0.2) is 4.34 Å². The summed E-state index contributed by atoms with van der Waals surface area (Å²) in [6, 6.07) is 17.8. The molecule has 4 aromatic rings. The maximum Gasteiger partial charge on any atom is 0.275 e. The van der Waals surface area contributed by atoms with Crippen LogP contribution >= 0.6 is 34.4 Å². The van der Waals surface area contributed by atoms with Crippen molar-refractivity contribution in [1.29, 1.82) is 0 Å². The molecule has 0 aliphatic rings. The molecule has 0 radical (unpaired) electrons. The first kappa shape index (κ1) is 17.8. The number of nitrogens with zero attached hydrogens (tertiary/aromatic N) is 3. The molecule has 0 atom stereocenters. The van der Waals surface area contributed by atoms with Gasteiger partial charge in [0.25, 0.3) is 5.91 Å². The van der Waals surface area contributed by atoms with Gasteiger partial charge >= 0.3 is 0 Å². The number of aromatic nitrogens is 3. The lowest BCUT2D eigenvalue weighted by molar-refractivity contribution is 0.102. The van der Waals surface area contributed by atoms with E-state index in [-0.39, 0.29) is 5.91 Å². The standard InChI is InChI=1S/C19H14N4OS3/c24-18(15-11-25-17(21-15)10-13-6-2-1-3-7-13)22-14-8-4-5-9-16(14)27-19-23-20-12-26-19/h1-9,11-12H,10H2,(H,22,24). The molecule has 0 spiro atoms. The fourth-order valence-corrected chi connectivity index (χ4v) is 4.74. The first-order valence-electron chi connectivity index (χ1n) is 8.10. The topological polar surface area (TPSA) is 67.8 Å². The van der Waals surface area contributed by atoms with Crippen LogP contribution in [0.15, 0.2) is 74.7 Å². The number of nitrogens with one attached hydrogen (secondary N) is 1. The van der Waals surface area contributed by atoms with E-state index in [1.807, 2.05) is 42.5 Å². The van der Waals surface area contributed by atoms with Crippen molar-refractivity contribution in [3.63, 3.8) is 0 Å². The van der Waals surface area contributed by atoms with E-state index in [0.29, 0.717) is 5.69 Å². The molecule has 5 nitrogen and oxygen atoms in total. The second-order valence-corrected chi connectivity index (χ2v) is 8.61. The monoisotopic (exact) mass is 410 g/mol. The van der Waals surface area contributed by atoms with E-state index in [2.05, 4.69) is 32.6 Å². The van der Waals surface area contributed by atoms with Crippen LogP contribution < -0.4 is 5.32 Å². The second kappa shape index (κ2) is 8.43. The zero-order valence-electron chi connectivity index (χ0n) is 14.0. The summed E-state index contributed by atoms with van der Waals surface area (Å²) in [5, 5.41) is 13.6. The predicted octanol–water partition coefficient (Wildman–Crippen LogP) is 4.99. The van der Waals surface area contributed by atoms with Crippen LogP contribution in [0.25, 0.3) is 0 Å². The van der Waals surface area contributed by atoms with Gasteiger partial charge in [0.05, 0.1) is 10.7 Å². The lowest BCUT2D eigenvalue weighted by atomic mass is 10.2. The van der Waals surface area contributed by atoms with Crippen molar-refractivity contribution in [2.24, 2.45) is 0 Å². The van der Waals surface area contributed by atoms with Crippen LogP contribution in [0, 0.1) is 0 Å². The van der Waals surface area contributed by atoms with Gasteiger partial charge in [-0.25, -0.2) is 4.98 Å². The van der Waals surface area contributed by atoms with Gasteiger partial charge in [0.2, 0.25) is 0 Å². The number of amides is 1. The molecular weight excluding hydrogens is 396 g/mol. The molecule has 0 unspecified atom stereocenters. The minimum absolute atomic E-state index is 0.212.